The van der Waals surface area contributed by atoms with Gasteiger partial charge in [-0.25, -0.2) is 4.39 Å². The number of nitrogens with one attached hydrogen (secondary N) is 1. The zero-order chi connectivity index (χ0) is 14.7. The Bertz CT molecular complexity index is 452. The number of anilines is 1. The number of piperazine rings is 1. The molecule has 1 N–H and O–H groups in total. The second-order valence-electron chi connectivity index (χ2n) is 5.71. The van der Waals surface area contributed by atoms with Crippen LogP contribution in [0.4, 0.5) is 10.1 Å². The first-order chi connectivity index (χ1) is 9.56. The SMILES string of the molecule is CCC(C)C1CN(c2ccc(F)c(Cl)c2)C(CC)CN1. The molecule has 3 unspecified atom stereocenters. The summed E-state index contributed by atoms with van der Waals surface area (Å²) < 4.78 is 13.3. The van der Waals surface area contributed by atoms with Gasteiger partial charge >= 0.3 is 0 Å². The van der Waals surface area contributed by atoms with Crippen molar-refractivity contribution in [2.75, 3.05) is 18.0 Å². The van der Waals surface area contributed by atoms with E-state index in [0.717, 1.165) is 31.6 Å². The molecule has 4 heteroatoms. The van der Waals surface area contributed by atoms with E-state index in [1.54, 1.807) is 6.07 Å². The molecule has 1 aliphatic rings. The molecular weight excluding hydrogens is 275 g/mol. The normalized spacial score (nSPS) is 24.8. The van der Waals surface area contributed by atoms with Crippen LogP contribution in [0.25, 0.3) is 0 Å². The number of rotatable bonds is 4. The minimum Gasteiger partial charge on any atom is -0.366 e. The highest BCUT2D eigenvalue weighted by Gasteiger charge is 2.29. The molecule has 1 aromatic carbocycles. The lowest BCUT2D eigenvalue weighted by Gasteiger charge is -2.43. The third-order valence-electron chi connectivity index (χ3n) is 4.49. The van der Waals surface area contributed by atoms with Crippen LogP contribution < -0.4 is 10.2 Å². The van der Waals surface area contributed by atoms with E-state index in [1.165, 1.54) is 6.07 Å². The Balaban J connectivity index is 2.22. The van der Waals surface area contributed by atoms with Crippen LogP contribution in [0.3, 0.4) is 0 Å². The van der Waals surface area contributed by atoms with Crippen LogP contribution in [-0.2, 0) is 0 Å². The molecule has 0 amide bonds. The van der Waals surface area contributed by atoms with Gasteiger partial charge in [-0.15, -0.1) is 0 Å². The van der Waals surface area contributed by atoms with Crippen LogP contribution in [0.2, 0.25) is 5.02 Å². The molecule has 3 atom stereocenters. The molecule has 1 fully saturated rings. The van der Waals surface area contributed by atoms with E-state index >= 15 is 0 Å². The highest BCUT2D eigenvalue weighted by molar-refractivity contribution is 6.31. The van der Waals surface area contributed by atoms with Gasteiger partial charge in [0.1, 0.15) is 5.82 Å². The van der Waals surface area contributed by atoms with Gasteiger partial charge in [-0.2, -0.15) is 0 Å². The molecule has 0 bridgehead atoms. The molecule has 0 aliphatic carbocycles. The maximum atomic E-state index is 13.3. The second-order valence-corrected chi connectivity index (χ2v) is 6.12. The molecule has 1 saturated heterocycles. The first kappa shape index (κ1) is 15.6. The summed E-state index contributed by atoms with van der Waals surface area (Å²) in [5, 5.41) is 3.85. The van der Waals surface area contributed by atoms with Crippen LogP contribution in [0.1, 0.15) is 33.6 Å². The Hall–Kier alpha value is -0.800. The van der Waals surface area contributed by atoms with E-state index in [1.807, 2.05) is 6.07 Å². The topological polar surface area (TPSA) is 15.3 Å². The van der Waals surface area contributed by atoms with Gasteiger partial charge in [-0.3, -0.25) is 0 Å². The molecule has 0 saturated carbocycles. The molecular formula is C16H24ClFN2. The summed E-state index contributed by atoms with van der Waals surface area (Å²) in [7, 11) is 0. The van der Waals surface area contributed by atoms with Gasteiger partial charge in [0.05, 0.1) is 5.02 Å². The summed E-state index contributed by atoms with van der Waals surface area (Å²) >= 11 is 5.93. The smallest absolute Gasteiger partial charge is 0.141 e. The van der Waals surface area contributed by atoms with Crippen molar-refractivity contribution in [3.8, 4) is 0 Å². The van der Waals surface area contributed by atoms with Crippen LogP contribution >= 0.6 is 11.6 Å². The van der Waals surface area contributed by atoms with Gasteiger partial charge in [0.15, 0.2) is 0 Å². The Morgan fingerprint density at radius 2 is 2.20 bits per heavy atom. The lowest BCUT2D eigenvalue weighted by molar-refractivity contribution is 0.306. The molecule has 2 rings (SSSR count). The fraction of sp³-hybridized carbons (Fsp3) is 0.625. The van der Waals surface area contributed by atoms with Crippen LogP contribution in [0.15, 0.2) is 18.2 Å². The fourth-order valence-electron chi connectivity index (χ4n) is 2.83. The summed E-state index contributed by atoms with van der Waals surface area (Å²) in [4.78, 5) is 2.37. The number of hydrogen-bond donors (Lipinski definition) is 1. The Labute approximate surface area is 126 Å². The third-order valence-corrected chi connectivity index (χ3v) is 4.78. The van der Waals surface area contributed by atoms with Gasteiger partial charge in [-0.1, -0.05) is 38.8 Å². The van der Waals surface area contributed by atoms with Gasteiger partial charge in [-0.05, 0) is 30.5 Å². The average Bonchev–Trinajstić information content (AvgIpc) is 2.48. The summed E-state index contributed by atoms with van der Waals surface area (Å²) in [5.41, 5.74) is 1.03. The monoisotopic (exact) mass is 298 g/mol. The van der Waals surface area contributed by atoms with E-state index in [2.05, 4.69) is 31.0 Å². The number of benzene rings is 1. The van der Waals surface area contributed by atoms with E-state index in [0.29, 0.717) is 18.0 Å². The van der Waals surface area contributed by atoms with E-state index in [4.69, 9.17) is 11.6 Å². The highest BCUT2D eigenvalue weighted by Crippen LogP contribution is 2.27. The van der Waals surface area contributed by atoms with Crippen molar-refractivity contribution in [3.63, 3.8) is 0 Å². The van der Waals surface area contributed by atoms with Crippen LogP contribution in [0, 0.1) is 11.7 Å². The Morgan fingerprint density at radius 1 is 1.45 bits per heavy atom. The number of halogens is 2. The predicted octanol–water partition coefficient (Wildman–Crippen LogP) is 4.08. The molecule has 20 heavy (non-hydrogen) atoms. The quantitative estimate of drug-likeness (QED) is 0.901. The zero-order valence-electron chi connectivity index (χ0n) is 12.5. The lowest BCUT2D eigenvalue weighted by Crippen LogP contribution is -2.58. The fourth-order valence-corrected chi connectivity index (χ4v) is 3.01. The molecule has 0 radical (unpaired) electrons. The summed E-state index contributed by atoms with van der Waals surface area (Å²) in [6, 6.07) is 5.97. The summed E-state index contributed by atoms with van der Waals surface area (Å²) in [6.45, 7) is 8.61. The van der Waals surface area contributed by atoms with Crippen molar-refractivity contribution in [3.05, 3.63) is 29.0 Å². The van der Waals surface area contributed by atoms with Crippen molar-refractivity contribution in [1.82, 2.24) is 5.32 Å². The van der Waals surface area contributed by atoms with Gasteiger partial charge in [0.25, 0.3) is 0 Å². The van der Waals surface area contributed by atoms with E-state index in [9.17, 15) is 4.39 Å². The number of hydrogen-bond acceptors (Lipinski definition) is 2. The second kappa shape index (κ2) is 6.77. The third kappa shape index (κ3) is 3.26. The molecule has 1 heterocycles. The average molecular weight is 299 g/mol. The maximum absolute atomic E-state index is 13.3. The summed E-state index contributed by atoms with van der Waals surface area (Å²) in [5.74, 6) is 0.281. The van der Waals surface area contributed by atoms with E-state index in [-0.39, 0.29) is 10.8 Å². The van der Waals surface area contributed by atoms with Crippen molar-refractivity contribution < 1.29 is 4.39 Å². The first-order valence-corrected chi connectivity index (χ1v) is 7.89. The first-order valence-electron chi connectivity index (χ1n) is 7.51. The van der Waals surface area contributed by atoms with Gasteiger partial charge in [0, 0.05) is 30.9 Å². The van der Waals surface area contributed by atoms with Crippen molar-refractivity contribution in [2.24, 2.45) is 5.92 Å². The van der Waals surface area contributed by atoms with Crippen molar-refractivity contribution in [2.45, 2.75) is 45.7 Å². The molecule has 1 aliphatic heterocycles. The standard InChI is InChI=1S/C16H24ClFN2/c1-4-11(3)16-10-20(12(5-2)9-19-16)13-6-7-15(18)14(17)8-13/h6-8,11-12,16,19H,4-5,9-10H2,1-3H3. The van der Waals surface area contributed by atoms with Gasteiger partial charge < -0.3 is 10.2 Å². The zero-order valence-corrected chi connectivity index (χ0v) is 13.3. The van der Waals surface area contributed by atoms with E-state index < -0.39 is 0 Å². The maximum Gasteiger partial charge on any atom is 0.141 e. The Kier molecular flexibility index (Phi) is 5.28. The highest BCUT2D eigenvalue weighted by atomic mass is 35.5. The molecule has 2 nitrogen and oxygen atoms in total. The van der Waals surface area contributed by atoms with Crippen LogP contribution in [0.5, 0.6) is 0 Å². The number of nitrogens with zero attached hydrogens (tertiary/aromatic N) is 1. The molecule has 1 aromatic rings. The minimum atomic E-state index is -0.350. The van der Waals surface area contributed by atoms with Gasteiger partial charge in [0.2, 0.25) is 0 Å². The molecule has 0 spiro atoms. The molecule has 112 valence electrons. The Morgan fingerprint density at radius 3 is 2.80 bits per heavy atom. The predicted molar refractivity (Wildman–Crippen MR) is 84.1 cm³/mol. The van der Waals surface area contributed by atoms with Crippen LogP contribution in [-0.4, -0.2) is 25.2 Å². The molecule has 0 aromatic heterocycles. The lowest BCUT2D eigenvalue weighted by atomic mass is 9.94. The minimum absolute atomic E-state index is 0.205. The van der Waals surface area contributed by atoms with Crippen molar-refractivity contribution >= 4 is 17.3 Å². The summed E-state index contributed by atoms with van der Waals surface area (Å²) in [6.07, 6.45) is 2.22. The largest absolute Gasteiger partial charge is 0.366 e. The van der Waals surface area contributed by atoms with Crippen molar-refractivity contribution in [1.29, 1.82) is 0 Å².